The summed E-state index contributed by atoms with van der Waals surface area (Å²) in [5, 5.41) is 12.6. The van der Waals surface area contributed by atoms with Gasteiger partial charge in [-0.15, -0.1) is 0 Å². The molecule has 8 heteroatoms. The number of hydrogen-bond acceptors (Lipinski definition) is 7. The van der Waals surface area contributed by atoms with Crippen molar-refractivity contribution in [2.45, 2.75) is 0 Å². The van der Waals surface area contributed by atoms with Crippen molar-refractivity contribution in [3.05, 3.63) is 42.7 Å². The van der Waals surface area contributed by atoms with E-state index >= 15 is 0 Å². The molecule has 0 amide bonds. The fourth-order valence-corrected chi connectivity index (χ4v) is 3.19. The van der Waals surface area contributed by atoms with Gasteiger partial charge in [0.15, 0.2) is 21.4 Å². The maximum Gasteiger partial charge on any atom is 0.198 e. The second kappa shape index (κ2) is 6.98. The van der Waals surface area contributed by atoms with Gasteiger partial charge in [-0.25, -0.2) is 18.4 Å². The number of aliphatic hydroxyl groups is 1. The van der Waals surface area contributed by atoms with Crippen LogP contribution in [0.5, 0.6) is 0 Å². The van der Waals surface area contributed by atoms with Crippen LogP contribution in [-0.4, -0.2) is 48.1 Å². The number of rotatable bonds is 7. The smallest absolute Gasteiger partial charge is 0.198 e. The van der Waals surface area contributed by atoms with Gasteiger partial charge in [-0.3, -0.25) is 0 Å². The summed E-state index contributed by atoms with van der Waals surface area (Å²) >= 11 is 0. The van der Waals surface area contributed by atoms with E-state index in [-0.39, 0.29) is 24.7 Å². The Hall–Kier alpha value is -2.45. The highest BCUT2D eigenvalue weighted by Gasteiger charge is 2.13. The number of hydrogen-bond donors (Lipinski definition) is 2. The minimum absolute atomic E-state index is 0.0814. The Labute approximate surface area is 139 Å². The predicted octanol–water partition coefficient (Wildman–Crippen LogP) is 1.71. The molecule has 126 valence electrons. The normalized spacial score (nSPS) is 11.7. The lowest BCUT2D eigenvalue weighted by Gasteiger charge is -2.10. The molecule has 2 heterocycles. The summed E-state index contributed by atoms with van der Waals surface area (Å²) in [6.45, 7) is -0.178. The van der Waals surface area contributed by atoms with Crippen LogP contribution in [0.1, 0.15) is 0 Å². The van der Waals surface area contributed by atoms with E-state index < -0.39 is 9.84 Å². The molecule has 0 saturated carbocycles. The van der Waals surface area contributed by atoms with Crippen molar-refractivity contribution in [2.75, 3.05) is 30.0 Å². The molecule has 0 saturated heterocycles. The van der Waals surface area contributed by atoms with Gasteiger partial charge >= 0.3 is 0 Å². The van der Waals surface area contributed by atoms with Crippen LogP contribution in [0, 0.1) is 0 Å². The number of nitrogens with zero attached hydrogens (tertiary/aromatic N) is 2. The highest BCUT2D eigenvalue weighted by atomic mass is 32.2. The number of anilines is 1. The molecule has 3 rings (SSSR count). The van der Waals surface area contributed by atoms with Crippen LogP contribution in [0.4, 0.5) is 5.82 Å². The molecule has 7 nitrogen and oxygen atoms in total. The third kappa shape index (κ3) is 3.72. The number of aromatic nitrogens is 2. The van der Waals surface area contributed by atoms with E-state index in [1.165, 1.54) is 0 Å². The molecule has 0 aliphatic carbocycles. The number of sulfone groups is 1. The first-order chi connectivity index (χ1) is 11.6. The van der Waals surface area contributed by atoms with Gasteiger partial charge in [0, 0.05) is 11.9 Å². The monoisotopic (exact) mass is 347 g/mol. The second-order valence-electron chi connectivity index (χ2n) is 5.19. The molecule has 0 aliphatic rings. The summed E-state index contributed by atoms with van der Waals surface area (Å²) in [6.07, 6.45) is 1.54. The van der Waals surface area contributed by atoms with E-state index in [0.717, 1.165) is 10.9 Å². The SMILES string of the molecule is O=S(=O)(CCO)CCNc1nc(-c2ccco2)nc2ccccc12. The minimum Gasteiger partial charge on any atom is -0.461 e. The van der Waals surface area contributed by atoms with Gasteiger partial charge in [0.1, 0.15) is 5.82 Å². The van der Waals surface area contributed by atoms with E-state index in [1.54, 1.807) is 18.4 Å². The standard InChI is InChI=1S/C16H17N3O4S/c20-8-11-24(21,22)10-7-17-15-12-4-1-2-5-13(12)18-16(19-15)14-6-3-9-23-14/h1-6,9,20H,7-8,10-11H2,(H,17,18,19). The van der Waals surface area contributed by atoms with Gasteiger partial charge in [0.2, 0.25) is 0 Å². The van der Waals surface area contributed by atoms with Crippen LogP contribution in [0.25, 0.3) is 22.5 Å². The molecule has 0 unspecified atom stereocenters. The molecule has 3 aromatic rings. The van der Waals surface area contributed by atoms with Crippen LogP contribution in [0.2, 0.25) is 0 Å². The van der Waals surface area contributed by atoms with Gasteiger partial charge in [-0.05, 0) is 24.3 Å². The summed E-state index contributed by atoms with van der Waals surface area (Å²) in [5.74, 6) is 1.20. The van der Waals surface area contributed by atoms with Gasteiger partial charge in [-0.1, -0.05) is 12.1 Å². The highest BCUT2D eigenvalue weighted by molar-refractivity contribution is 7.91. The third-order valence-electron chi connectivity index (χ3n) is 3.45. The molecule has 0 aliphatic heterocycles. The van der Waals surface area contributed by atoms with E-state index in [1.807, 2.05) is 24.3 Å². The number of aliphatic hydroxyl groups excluding tert-OH is 1. The van der Waals surface area contributed by atoms with Crippen molar-refractivity contribution in [3.8, 4) is 11.6 Å². The predicted molar refractivity (Wildman–Crippen MR) is 91.5 cm³/mol. The Morgan fingerprint density at radius 3 is 2.67 bits per heavy atom. The lowest BCUT2D eigenvalue weighted by atomic mass is 10.2. The van der Waals surface area contributed by atoms with Crippen LogP contribution < -0.4 is 5.32 Å². The highest BCUT2D eigenvalue weighted by Crippen LogP contribution is 2.24. The van der Waals surface area contributed by atoms with Crippen LogP contribution in [0.15, 0.2) is 47.1 Å². The van der Waals surface area contributed by atoms with E-state index in [0.29, 0.717) is 17.4 Å². The Bertz CT molecular complexity index is 924. The molecule has 0 radical (unpaired) electrons. The molecule has 2 aromatic heterocycles. The average molecular weight is 347 g/mol. The van der Waals surface area contributed by atoms with E-state index in [4.69, 9.17) is 9.52 Å². The lowest BCUT2D eigenvalue weighted by molar-refractivity contribution is 0.319. The van der Waals surface area contributed by atoms with Crippen molar-refractivity contribution in [2.24, 2.45) is 0 Å². The van der Waals surface area contributed by atoms with Gasteiger partial charge in [-0.2, -0.15) is 0 Å². The number of benzene rings is 1. The second-order valence-corrected chi connectivity index (χ2v) is 7.50. The molecule has 0 bridgehead atoms. The summed E-state index contributed by atoms with van der Waals surface area (Å²) in [4.78, 5) is 8.92. The number of furan rings is 1. The summed E-state index contributed by atoms with van der Waals surface area (Å²) in [7, 11) is -3.28. The third-order valence-corrected chi connectivity index (χ3v) is 5.08. The van der Waals surface area contributed by atoms with Crippen molar-refractivity contribution >= 4 is 26.6 Å². The molecule has 0 fully saturated rings. The van der Waals surface area contributed by atoms with Crippen molar-refractivity contribution in [3.63, 3.8) is 0 Å². The molecular formula is C16H17N3O4S. The Morgan fingerprint density at radius 2 is 1.92 bits per heavy atom. The fourth-order valence-electron chi connectivity index (χ4n) is 2.29. The molecule has 0 spiro atoms. The molecule has 0 atom stereocenters. The zero-order valence-electron chi connectivity index (χ0n) is 12.8. The quantitative estimate of drug-likeness (QED) is 0.670. The van der Waals surface area contributed by atoms with Crippen molar-refractivity contribution in [1.82, 2.24) is 9.97 Å². The number of fused-ring (bicyclic) bond motifs is 1. The number of nitrogens with one attached hydrogen (secondary N) is 1. The summed E-state index contributed by atoms with van der Waals surface area (Å²) in [6, 6.07) is 11.0. The molecule has 1 aromatic carbocycles. The topological polar surface area (TPSA) is 105 Å². The Morgan fingerprint density at radius 1 is 1.08 bits per heavy atom. The maximum atomic E-state index is 11.7. The molecule has 24 heavy (non-hydrogen) atoms. The number of para-hydroxylation sites is 1. The van der Waals surface area contributed by atoms with Crippen molar-refractivity contribution < 1.29 is 17.9 Å². The van der Waals surface area contributed by atoms with E-state index in [9.17, 15) is 8.42 Å². The zero-order chi connectivity index (χ0) is 17.0. The minimum atomic E-state index is -3.28. The lowest BCUT2D eigenvalue weighted by Crippen LogP contribution is -2.20. The molecular weight excluding hydrogens is 330 g/mol. The fraction of sp³-hybridized carbons (Fsp3) is 0.250. The van der Waals surface area contributed by atoms with Crippen LogP contribution in [-0.2, 0) is 9.84 Å². The summed E-state index contributed by atoms with van der Waals surface area (Å²) in [5.41, 5.74) is 0.736. The van der Waals surface area contributed by atoms with Gasteiger partial charge in [0.05, 0.1) is 29.9 Å². The van der Waals surface area contributed by atoms with Crippen molar-refractivity contribution in [1.29, 1.82) is 0 Å². The first-order valence-corrected chi connectivity index (χ1v) is 9.27. The maximum absolute atomic E-state index is 11.7. The van der Waals surface area contributed by atoms with Crippen LogP contribution >= 0.6 is 0 Å². The van der Waals surface area contributed by atoms with Gasteiger partial charge in [0.25, 0.3) is 0 Å². The van der Waals surface area contributed by atoms with Crippen LogP contribution in [0.3, 0.4) is 0 Å². The first kappa shape index (κ1) is 16.4. The Kier molecular flexibility index (Phi) is 4.77. The first-order valence-electron chi connectivity index (χ1n) is 7.45. The van der Waals surface area contributed by atoms with E-state index in [2.05, 4.69) is 15.3 Å². The zero-order valence-corrected chi connectivity index (χ0v) is 13.7. The average Bonchev–Trinajstić information content (AvgIpc) is 3.09. The Balaban J connectivity index is 1.88. The molecule has 2 N–H and O–H groups in total. The largest absolute Gasteiger partial charge is 0.461 e. The van der Waals surface area contributed by atoms with Gasteiger partial charge < -0.3 is 14.8 Å². The summed E-state index contributed by atoms with van der Waals surface area (Å²) < 4.78 is 28.7.